The van der Waals surface area contributed by atoms with Crippen molar-refractivity contribution >= 4 is 17.4 Å². The third kappa shape index (κ3) is 2.71. The van der Waals surface area contributed by atoms with Gasteiger partial charge in [-0.2, -0.15) is 0 Å². The van der Waals surface area contributed by atoms with Crippen molar-refractivity contribution in [2.45, 2.75) is 47.6 Å². The molecule has 4 rings (SSSR count). The molecule has 6 heteroatoms. The van der Waals surface area contributed by atoms with Gasteiger partial charge in [0, 0.05) is 11.0 Å². The summed E-state index contributed by atoms with van der Waals surface area (Å²) in [4.78, 5) is 22.5. The fourth-order valence-corrected chi connectivity index (χ4v) is 4.42. The van der Waals surface area contributed by atoms with Gasteiger partial charge in [0.25, 0.3) is 5.69 Å². The summed E-state index contributed by atoms with van der Waals surface area (Å²) in [6, 6.07) is 13.0. The van der Waals surface area contributed by atoms with Crippen molar-refractivity contribution in [1.82, 2.24) is 0 Å². The molecule has 0 N–H and O–H groups in total. The van der Waals surface area contributed by atoms with Crippen LogP contribution in [0.3, 0.4) is 0 Å². The van der Waals surface area contributed by atoms with Gasteiger partial charge in [-0.3, -0.25) is 20.1 Å². The minimum absolute atomic E-state index is 0.106. The molecule has 24 heavy (non-hydrogen) atoms. The van der Waals surface area contributed by atoms with Crippen LogP contribution in [0, 0.1) is 10.1 Å². The molecule has 1 fully saturated rings. The second-order valence-corrected chi connectivity index (χ2v) is 7.30. The molecule has 2 aromatic rings. The Bertz CT molecular complexity index is 906. The molecule has 1 heterocycles. The summed E-state index contributed by atoms with van der Waals surface area (Å²) in [6.45, 7) is 0. The number of nitrogens with zero attached hydrogens (tertiary/aromatic N) is 3. The molecule has 0 atom stereocenters. The third-order valence-electron chi connectivity index (χ3n) is 4.55. The largest absolute Gasteiger partial charge is 0.285 e. The van der Waals surface area contributed by atoms with Crippen molar-refractivity contribution in [3.05, 3.63) is 63.3 Å². The van der Waals surface area contributed by atoms with Crippen LogP contribution in [0.5, 0.6) is 0 Å². The van der Waals surface area contributed by atoms with Crippen molar-refractivity contribution in [2.24, 2.45) is 9.98 Å². The predicted octanol–water partition coefficient (Wildman–Crippen LogP) is 3.66. The van der Waals surface area contributed by atoms with Gasteiger partial charge in [0.1, 0.15) is 10.3 Å². The van der Waals surface area contributed by atoms with E-state index in [2.05, 4.69) is 0 Å². The number of hydrogen-bond acceptors (Lipinski definition) is 5. The van der Waals surface area contributed by atoms with Crippen LogP contribution in [0.25, 0.3) is 0 Å². The first-order chi connectivity index (χ1) is 11.7. The standard InChI is InChI=1S/C18H17N3O2S/c22-21(23)15-10-9-14-16(17(15)24-13-7-3-1-4-8-13)20-18(19-14)11-5-2-6-12-18/h1,3-4,7-10H,2,5-6,11-12H2. The summed E-state index contributed by atoms with van der Waals surface area (Å²) < 4.78 is 0. The van der Waals surface area contributed by atoms with E-state index in [4.69, 9.17) is 9.98 Å². The Morgan fingerprint density at radius 1 is 1.00 bits per heavy atom. The van der Waals surface area contributed by atoms with Crippen LogP contribution in [0.1, 0.15) is 32.1 Å². The van der Waals surface area contributed by atoms with E-state index in [1.807, 2.05) is 30.3 Å². The van der Waals surface area contributed by atoms with E-state index in [0.717, 1.165) is 35.9 Å². The van der Waals surface area contributed by atoms with Crippen LogP contribution in [0.4, 0.5) is 5.69 Å². The normalized spacial score (nSPS) is 17.8. The number of benzene rings is 2. The summed E-state index contributed by atoms with van der Waals surface area (Å²) in [5, 5.41) is 13.0. The minimum atomic E-state index is -0.387. The van der Waals surface area contributed by atoms with Crippen LogP contribution in [0.2, 0.25) is 0 Å². The highest BCUT2D eigenvalue weighted by atomic mass is 32.2. The van der Waals surface area contributed by atoms with Crippen LogP contribution >= 0.6 is 11.8 Å². The molecule has 0 radical (unpaired) electrons. The Morgan fingerprint density at radius 2 is 1.75 bits per heavy atom. The van der Waals surface area contributed by atoms with Crippen molar-refractivity contribution in [3.63, 3.8) is 0 Å². The van der Waals surface area contributed by atoms with Crippen LogP contribution < -0.4 is 10.7 Å². The van der Waals surface area contributed by atoms with E-state index in [1.165, 1.54) is 18.2 Å². The number of nitro benzene ring substituents is 1. The predicted molar refractivity (Wildman–Crippen MR) is 91.8 cm³/mol. The van der Waals surface area contributed by atoms with Gasteiger partial charge >= 0.3 is 0 Å². The molecular formula is C18H17N3O2S. The van der Waals surface area contributed by atoms with Crippen molar-refractivity contribution in [3.8, 4) is 0 Å². The topological polar surface area (TPSA) is 67.9 Å². The lowest BCUT2D eigenvalue weighted by Crippen LogP contribution is -2.26. The summed E-state index contributed by atoms with van der Waals surface area (Å²) in [5.41, 5.74) is -0.281. The van der Waals surface area contributed by atoms with E-state index in [-0.39, 0.29) is 16.3 Å². The maximum Gasteiger partial charge on any atom is 0.285 e. The zero-order valence-corrected chi connectivity index (χ0v) is 14.0. The van der Waals surface area contributed by atoms with Gasteiger partial charge in [0.05, 0.1) is 10.3 Å². The second kappa shape index (κ2) is 6.02. The number of fused-ring (bicyclic) bond motifs is 1. The maximum absolute atomic E-state index is 11.5. The Labute approximate surface area is 143 Å². The lowest BCUT2D eigenvalue weighted by Gasteiger charge is -2.27. The Balaban J connectivity index is 1.87. The highest BCUT2D eigenvalue weighted by molar-refractivity contribution is 7.99. The SMILES string of the molecule is O=[N+]([O-])c1ccc2c(c1Sc1ccccc1)=NC1(CCCCC1)N=2. The number of nitro groups is 1. The quantitative estimate of drug-likeness (QED) is 0.633. The fourth-order valence-electron chi connectivity index (χ4n) is 3.40. The van der Waals surface area contributed by atoms with Gasteiger partial charge in [-0.15, -0.1) is 0 Å². The zero-order chi connectivity index (χ0) is 16.6. The number of rotatable bonds is 3. The van der Waals surface area contributed by atoms with E-state index in [1.54, 1.807) is 12.1 Å². The first-order valence-electron chi connectivity index (χ1n) is 8.17. The summed E-state index contributed by atoms with van der Waals surface area (Å²) >= 11 is 1.40. The molecule has 2 aromatic carbocycles. The Hall–Kier alpha value is -2.21. The van der Waals surface area contributed by atoms with E-state index in [9.17, 15) is 10.1 Å². The van der Waals surface area contributed by atoms with Gasteiger partial charge in [0.15, 0.2) is 5.66 Å². The van der Waals surface area contributed by atoms with Crippen LogP contribution in [-0.2, 0) is 0 Å². The van der Waals surface area contributed by atoms with E-state index in [0.29, 0.717) is 10.3 Å². The zero-order valence-electron chi connectivity index (χ0n) is 13.1. The molecule has 2 aliphatic rings. The molecular weight excluding hydrogens is 322 g/mol. The van der Waals surface area contributed by atoms with E-state index < -0.39 is 0 Å². The molecule has 0 bridgehead atoms. The molecule has 1 spiro atoms. The molecule has 5 nitrogen and oxygen atoms in total. The fraction of sp³-hybridized carbons (Fsp3) is 0.333. The van der Waals surface area contributed by atoms with Crippen molar-refractivity contribution in [2.75, 3.05) is 0 Å². The first-order valence-corrected chi connectivity index (χ1v) is 8.99. The van der Waals surface area contributed by atoms with Gasteiger partial charge in [-0.05, 0) is 43.9 Å². The average molecular weight is 339 g/mol. The smallest absolute Gasteiger partial charge is 0.258 e. The maximum atomic E-state index is 11.5. The van der Waals surface area contributed by atoms with Crippen molar-refractivity contribution in [1.29, 1.82) is 0 Å². The molecule has 122 valence electrons. The molecule has 0 aromatic heterocycles. The molecule has 1 saturated carbocycles. The molecule has 0 unspecified atom stereocenters. The summed E-state index contributed by atoms with van der Waals surface area (Å²) in [5.74, 6) is 0. The lowest BCUT2D eigenvalue weighted by molar-refractivity contribution is -0.387. The van der Waals surface area contributed by atoms with Gasteiger partial charge in [-0.25, -0.2) is 0 Å². The Morgan fingerprint density at radius 3 is 2.46 bits per heavy atom. The summed E-state index contributed by atoms with van der Waals surface area (Å²) in [6.07, 6.45) is 5.32. The molecule has 1 aliphatic heterocycles. The average Bonchev–Trinajstić information content (AvgIpc) is 2.94. The molecule has 0 saturated heterocycles. The van der Waals surface area contributed by atoms with Crippen LogP contribution in [-0.4, -0.2) is 10.6 Å². The van der Waals surface area contributed by atoms with Gasteiger partial charge in [0.2, 0.25) is 0 Å². The van der Waals surface area contributed by atoms with Gasteiger partial charge < -0.3 is 0 Å². The second-order valence-electron chi connectivity index (χ2n) is 6.22. The minimum Gasteiger partial charge on any atom is -0.258 e. The van der Waals surface area contributed by atoms with Crippen LogP contribution in [0.15, 0.2) is 62.2 Å². The third-order valence-corrected chi connectivity index (χ3v) is 5.67. The van der Waals surface area contributed by atoms with Crippen molar-refractivity contribution < 1.29 is 4.92 Å². The molecule has 0 amide bonds. The summed E-state index contributed by atoms with van der Waals surface area (Å²) in [7, 11) is 0. The highest BCUT2D eigenvalue weighted by Crippen LogP contribution is 2.36. The first kappa shape index (κ1) is 15.3. The number of hydrogen-bond donors (Lipinski definition) is 0. The molecule has 1 aliphatic carbocycles. The lowest BCUT2D eigenvalue weighted by atomic mass is 9.90. The Kier molecular flexibility index (Phi) is 3.84. The monoisotopic (exact) mass is 339 g/mol. The highest BCUT2D eigenvalue weighted by Gasteiger charge is 2.34. The van der Waals surface area contributed by atoms with Gasteiger partial charge in [-0.1, -0.05) is 36.4 Å². The van der Waals surface area contributed by atoms with E-state index >= 15 is 0 Å².